The first-order valence-electron chi connectivity index (χ1n) is 7.81. The lowest BCUT2D eigenvalue weighted by Gasteiger charge is -2.18. The predicted molar refractivity (Wildman–Crippen MR) is 90.4 cm³/mol. The van der Waals surface area contributed by atoms with E-state index in [1.807, 2.05) is 37.3 Å². The van der Waals surface area contributed by atoms with Gasteiger partial charge in [-0.1, -0.05) is 29.8 Å². The smallest absolute Gasteiger partial charge is 0.251 e. The molecule has 0 fully saturated rings. The van der Waals surface area contributed by atoms with Crippen LogP contribution < -0.4 is 5.32 Å². The van der Waals surface area contributed by atoms with Gasteiger partial charge in [-0.05, 0) is 73.6 Å². The van der Waals surface area contributed by atoms with Crippen molar-refractivity contribution in [2.75, 3.05) is 0 Å². The van der Waals surface area contributed by atoms with Gasteiger partial charge in [-0.15, -0.1) is 0 Å². The molecular weight excluding hydrogens is 294 g/mol. The molecule has 1 aliphatic carbocycles. The van der Waals surface area contributed by atoms with Gasteiger partial charge >= 0.3 is 0 Å². The normalized spacial score (nSPS) is 15.0. The topological polar surface area (TPSA) is 29.1 Å². The SMILES string of the molecule is CC(NC(=O)c1ccc2c(c1)CCCC2)c1ccc(Cl)cc1. The third-order valence-corrected chi connectivity index (χ3v) is 4.58. The van der Waals surface area contributed by atoms with Crippen molar-refractivity contribution in [2.45, 2.75) is 38.6 Å². The average molecular weight is 314 g/mol. The van der Waals surface area contributed by atoms with Crippen LogP contribution in [0.25, 0.3) is 0 Å². The van der Waals surface area contributed by atoms with Gasteiger partial charge in [0, 0.05) is 10.6 Å². The molecule has 114 valence electrons. The fraction of sp³-hybridized carbons (Fsp3) is 0.316. The summed E-state index contributed by atoms with van der Waals surface area (Å²) in [5.41, 5.74) is 4.53. The molecule has 1 aliphatic rings. The van der Waals surface area contributed by atoms with E-state index in [0.29, 0.717) is 5.02 Å². The molecule has 0 heterocycles. The molecule has 0 aromatic heterocycles. The van der Waals surface area contributed by atoms with Crippen LogP contribution in [0.5, 0.6) is 0 Å². The van der Waals surface area contributed by atoms with Gasteiger partial charge in [-0.2, -0.15) is 0 Å². The van der Waals surface area contributed by atoms with Crippen LogP contribution in [0.3, 0.4) is 0 Å². The molecule has 0 bridgehead atoms. The quantitative estimate of drug-likeness (QED) is 0.873. The van der Waals surface area contributed by atoms with Gasteiger partial charge in [-0.25, -0.2) is 0 Å². The zero-order valence-electron chi connectivity index (χ0n) is 12.7. The summed E-state index contributed by atoms with van der Waals surface area (Å²) < 4.78 is 0. The third-order valence-electron chi connectivity index (χ3n) is 4.33. The van der Waals surface area contributed by atoms with E-state index in [9.17, 15) is 4.79 Å². The summed E-state index contributed by atoms with van der Waals surface area (Å²) in [5, 5.41) is 3.76. The first kappa shape index (κ1) is 15.1. The molecule has 1 N–H and O–H groups in total. The van der Waals surface area contributed by atoms with Crippen LogP contribution in [-0.4, -0.2) is 5.91 Å². The van der Waals surface area contributed by atoms with E-state index in [4.69, 9.17) is 11.6 Å². The summed E-state index contributed by atoms with van der Waals surface area (Å²) >= 11 is 5.90. The maximum Gasteiger partial charge on any atom is 0.251 e. The Hall–Kier alpha value is -1.80. The van der Waals surface area contributed by atoms with Gasteiger partial charge in [0.15, 0.2) is 0 Å². The van der Waals surface area contributed by atoms with Crippen molar-refractivity contribution in [2.24, 2.45) is 0 Å². The van der Waals surface area contributed by atoms with Gasteiger partial charge in [0.05, 0.1) is 6.04 Å². The van der Waals surface area contributed by atoms with Gasteiger partial charge in [-0.3, -0.25) is 4.79 Å². The number of fused-ring (bicyclic) bond motifs is 1. The zero-order chi connectivity index (χ0) is 15.5. The van der Waals surface area contributed by atoms with Crippen molar-refractivity contribution in [3.05, 3.63) is 69.7 Å². The van der Waals surface area contributed by atoms with Crippen LogP contribution in [0.1, 0.15) is 52.9 Å². The highest BCUT2D eigenvalue weighted by molar-refractivity contribution is 6.30. The lowest BCUT2D eigenvalue weighted by molar-refractivity contribution is 0.0939. The van der Waals surface area contributed by atoms with E-state index in [2.05, 4.69) is 17.4 Å². The molecule has 3 heteroatoms. The van der Waals surface area contributed by atoms with Crippen molar-refractivity contribution in [1.29, 1.82) is 0 Å². The Labute approximate surface area is 136 Å². The van der Waals surface area contributed by atoms with Crippen molar-refractivity contribution in [3.8, 4) is 0 Å². The van der Waals surface area contributed by atoms with Crippen LogP contribution in [0, 0.1) is 0 Å². The predicted octanol–water partition coefficient (Wildman–Crippen LogP) is 4.71. The average Bonchev–Trinajstić information content (AvgIpc) is 2.55. The van der Waals surface area contributed by atoms with E-state index in [1.54, 1.807) is 0 Å². The van der Waals surface area contributed by atoms with Crippen LogP contribution in [0.4, 0.5) is 0 Å². The molecule has 2 aromatic rings. The molecule has 2 nitrogen and oxygen atoms in total. The lowest BCUT2D eigenvalue weighted by atomic mass is 9.90. The highest BCUT2D eigenvalue weighted by Gasteiger charge is 2.15. The maximum absolute atomic E-state index is 12.4. The van der Waals surface area contributed by atoms with Crippen molar-refractivity contribution in [1.82, 2.24) is 5.32 Å². The van der Waals surface area contributed by atoms with E-state index < -0.39 is 0 Å². The summed E-state index contributed by atoms with van der Waals surface area (Å²) in [4.78, 5) is 12.4. The summed E-state index contributed by atoms with van der Waals surface area (Å²) in [5.74, 6) is -0.0178. The van der Waals surface area contributed by atoms with Crippen molar-refractivity contribution < 1.29 is 4.79 Å². The molecule has 1 atom stereocenters. The number of amides is 1. The second-order valence-electron chi connectivity index (χ2n) is 5.94. The number of halogens is 1. The van der Waals surface area contributed by atoms with Crippen LogP contribution in [0.2, 0.25) is 5.02 Å². The Morgan fingerprint density at radius 2 is 1.73 bits per heavy atom. The van der Waals surface area contributed by atoms with Crippen molar-refractivity contribution >= 4 is 17.5 Å². The molecule has 0 radical (unpaired) electrons. The summed E-state index contributed by atoms with van der Waals surface area (Å²) in [6.07, 6.45) is 4.70. The highest BCUT2D eigenvalue weighted by Crippen LogP contribution is 2.23. The zero-order valence-corrected chi connectivity index (χ0v) is 13.5. The number of hydrogen-bond acceptors (Lipinski definition) is 1. The van der Waals surface area contributed by atoms with E-state index in [0.717, 1.165) is 24.0 Å². The fourth-order valence-corrected chi connectivity index (χ4v) is 3.12. The molecule has 1 unspecified atom stereocenters. The monoisotopic (exact) mass is 313 g/mol. The molecule has 2 aromatic carbocycles. The molecule has 1 amide bonds. The minimum absolute atomic E-state index is 0.0178. The maximum atomic E-state index is 12.4. The summed E-state index contributed by atoms with van der Waals surface area (Å²) in [6, 6.07) is 13.6. The highest BCUT2D eigenvalue weighted by atomic mass is 35.5. The fourth-order valence-electron chi connectivity index (χ4n) is 2.99. The molecule has 0 aliphatic heterocycles. The van der Waals surface area contributed by atoms with E-state index >= 15 is 0 Å². The largest absolute Gasteiger partial charge is 0.346 e. The van der Waals surface area contributed by atoms with Gasteiger partial charge in [0.1, 0.15) is 0 Å². The Kier molecular flexibility index (Phi) is 4.49. The second kappa shape index (κ2) is 6.53. The number of aryl methyl sites for hydroxylation is 2. The first-order valence-corrected chi connectivity index (χ1v) is 8.19. The first-order chi connectivity index (χ1) is 10.6. The number of carbonyl (C=O) groups excluding carboxylic acids is 1. The Bertz CT molecular complexity index is 678. The molecule has 3 rings (SSSR count). The molecule has 22 heavy (non-hydrogen) atoms. The van der Waals surface area contributed by atoms with Gasteiger partial charge < -0.3 is 5.32 Å². The minimum Gasteiger partial charge on any atom is -0.346 e. The molecular formula is C19H20ClNO. The molecule has 0 saturated heterocycles. The van der Waals surface area contributed by atoms with E-state index in [-0.39, 0.29) is 11.9 Å². The van der Waals surface area contributed by atoms with Crippen LogP contribution in [0.15, 0.2) is 42.5 Å². The third kappa shape index (κ3) is 3.33. The molecule has 0 spiro atoms. The molecule has 0 saturated carbocycles. The number of nitrogens with one attached hydrogen (secondary N) is 1. The van der Waals surface area contributed by atoms with Crippen LogP contribution >= 0.6 is 11.6 Å². The Morgan fingerprint density at radius 1 is 1.05 bits per heavy atom. The van der Waals surface area contributed by atoms with Crippen molar-refractivity contribution in [3.63, 3.8) is 0 Å². The standard InChI is InChI=1S/C19H20ClNO/c1-13(14-8-10-18(20)11-9-14)21-19(22)17-7-6-15-4-2-3-5-16(15)12-17/h6-13H,2-5H2,1H3,(H,21,22). The Balaban J connectivity index is 1.72. The Morgan fingerprint density at radius 3 is 2.45 bits per heavy atom. The van der Waals surface area contributed by atoms with E-state index in [1.165, 1.54) is 24.0 Å². The minimum atomic E-state index is -0.0409. The number of carbonyl (C=O) groups is 1. The number of rotatable bonds is 3. The number of hydrogen-bond donors (Lipinski definition) is 1. The number of benzene rings is 2. The van der Waals surface area contributed by atoms with Gasteiger partial charge in [0.2, 0.25) is 0 Å². The lowest BCUT2D eigenvalue weighted by Crippen LogP contribution is -2.26. The van der Waals surface area contributed by atoms with Gasteiger partial charge in [0.25, 0.3) is 5.91 Å². The summed E-state index contributed by atoms with van der Waals surface area (Å²) in [6.45, 7) is 1.99. The second-order valence-corrected chi connectivity index (χ2v) is 6.37. The summed E-state index contributed by atoms with van der Waals surface area (Å²) in [7, 11) is 0. The van der Waals surface area contributed by atoms with Crippen LogP contribution in [-0.2, 0) is 12.8 Å².